The van der Waals surface area contributed by atoms with Gasteiger partial charge in [-0.15, -0.1) is 0 Å². The van der Waals surface area contributed by atoms with E-state index in [0.29, 0.717) is 16.9 Å². The molecule has 0 radical (unpaired) electrons. The predicted octanol–water partition coefficient (Wildman–Crippen LogP) is 3.85. The molecule has 0 fully saturated rings. The standard InChI is InChI=1S/C14H12BrFN2O/c1-8-6-13(17-7-11(8)15)18-14(19)10-3-4-12(16)9(2)5-10/h3-7H,1-2H3,(H,17,18,19). The first-order chi connectivity index (χ1) is 8.97. The van der Waals surface area contributed by atoms with Gasteiger partial charge in [-0.1, -0.05) is 0 Å². The van der Waals surface area contributed by atoms with Crippen LogP contribution in [-0.2, 0) is 0 Å². The SMILES string of the molecule is Cc1cc(C(=O)Nc2cc(C)c(Br)cn2)ccc1F. The van der Waals surface area contributed by atoms with E-state index in [9.17, 15) is 9.18 Å². The van der Waals surface area contributed by atoms with Crippen molar-refractivity contribution in [3.63, 3.8) is 0 Å². The number of hydrogen-bond acceptors (Lipinski definition) is 2. The highest BCUT2D eigenvalue weighted by atomic mass is 79.9. The molecule has 1 amide bonds. The van der Waals surface area contributed by atoms with Gasteiger partial charge in [0, 0.05) is 16.2 Å². The largest absolute Gasteiger partial charge is 0.307 e. The van der Waals surface area contributed by atoms with E-state index >= 15 is 0 Å². The first kappa shape index (κ1) is 13.7. The number of carbonyl (C=O) groups excluding carboxylic acids is 1. The van der Waals surface area contributed by atoms with E-state index in [2.05, 4.69) is 26.2 Å². The van der Waals surface area contributed by atoms with E-state index in [0.717, 1.165) is 10.0 Å². The normalized spacial score (nSPS) is 10.3. The minimum atomic E-state index is -0.325. The Morgan fingerprint density at radius 2 is 2.00 bits per heavy atom. The molecule has 1 heterocycles. The van der Waals surface area contributed by atoms with Crippen LogP contribution in [0.4, 0.5) is 10.2 Å². The van der Waals surface area contributed by atoms with Crippen molar-refractivity contribution in [2.75, 3.05) is 5.32 Å². The molecule has 0 saturated carbocycles. The van der Waals surface area contributed by atoms with Crippen LogP contribution in [0.3, 0.4) is 0 Å². The maximum Gasteiger partial charge on any atom is 0.256 e. The molecule has 98 valence electrons. The molecule has 0 bridgehead atoms. The molecule has 0 spiro atoms. The molecule has 1 aromatic heterocycles. The fourth-order valence-electron chi connectivity index (χ4n) is 1.58. The van der Waals surface area contributed by atoms with Crippen molar-refractivity contribution in [1.82, 2.24) is 4.98 Å². The van der Waals surface area contributed by atoms with E-state index in [-0.39, 0.29) is 11.7 Å². The van der Waals surface area contributed by atoms with Gasteiger partial charge in [-0.2, -0.15) is 0 Å². The Balaban J connectivity index is 2.20. The second-order valence-electron chi connectivity index (χ2n) is 4.24. The third-order valence-corrected chi connectivity index (χ3v) is 3.54. The molecule has 0 aliphatic carbocycles. The van der Waals surface area contributed by atoms with E-state index in [1.165, 1.54) is 18.2 Å². The van der Waals surface area contributed by atoms with Gasteiger partial charge in [0.2, 0.25) is 0 Å². The van der Waals surface area contributed by atoms with Crippen molar-refractivity contribution < 1.29 is 9.18 Å². The zero-order valence-corrected chi connectivity index (χ0v) is 12.1. The lowest BCUT2D eigenvalue weighted by Crippen LogP contribution is -2.13. The van der Waals surface area contributed by atoms with Gasteiger partial charge in [0.05, 0.1) is 0 Å². The molecule has 2 aromatic rings. The zero-order valence-electron chi connectivity index (χ0n) is 10.5. The maximum atomic E-state index is 13.1. The quantitative estimate of drug-likeness (QED) is 0.912. The molecule has 0 aliphatic heterocycles. The van der Waals surface area contributed by atoms with Crippen molar-refractivity contribution in [2.45, 2.75) is 13.8 Å². The predicted molar refractivity (Wildman–Crippen MR) is 75.8 cm³/mol. The summed E-state index contributed by atoms with van der Waals surface area (Å²) in [5.41, 5.74) is 1.81. The fraction of sp³-hybridized carbons (Fsp3) is 0.143. The summed E-state index contributed by atoms with van der Waals surface area (Å²) in [6.07, 6.45) is 1.63. The molecule has 0 unspecified atom stereocenters. The van der Waals surface area contributed by atoms with Gasteiger partial charge in [-0.25, -0.2) is 9.37 Å². The van der Waals surface area contributed by atoms with Gasteiger partial charge in [0.15, 0.2) is 0 Å². The molecular formula is C14H12BrFN2O. The van der Waals surface area contributed by atoms with Gasteiger partial charge in [-0.05, 0) is 65.2 Å². The lowest BCUT2D eigenvalue weighted by molar-refractivity contribution is 0.102. The van der Waals surface area contributed by atoms with Crippen LogP contribution in [0.5, 0.6) is 0 Å². The molecular weight excluding hydrogens is 311 g/mol. The summed E-state index contributed by atoms with van der Waals surface area (Å²) in [5.74, 6) is -0.167. The molecule has 2 rings (SSSR count). The number of nitrogens with zero attached hydrogens (tertiary/aromatic N) is 1. The zero-order chi connectivity index (χ0) is 14.0. The Labute approximate surface area is 119 Å². The number of aryl methyl sites for hydroxylation is 2. The number of anilines is 1. The van der Waals surface area contributed by atoms with Gasteiger partial charge < -0.3 is 5.32 Å². The summed E-state index contributed by atoms with van der Waals surface area (Å²) in [6.45, 7) is 3.53. The van der Waals surface area contributed by atoms with E-state index < -0.39 is 0 Å². The van der Waals surface area contributed by atoms with Crippen molar-refractivity contribution in [2.24, 2.45) is 0 Å². The van der Waals surface area contributed by atoms with Crippen molar-refractivity contribution in [3.8, 4) is 0 Å². The number of pyridine rings is 1. The summed E-state index contributed by atoms with van der Waals surface area (Å²) in [6, 6.07) is 6.00. The lowest BCUT2D eigenvalue weighted by Gasteiger charge is -2.07. The third kappa shape index (κ3) is 3.17. The number of halogens is 2. The van der Waals surface area contributed by atoms with Crippen LogP contribution < -0.4 is 5.32 Å². The number of rotatable bonds is 2. The average Bonchev–Trinajstić information content (AvgIpc) is 2.37. The summed E-state index contributed by atoms with van der Waals surface area (Å²) < 4.78 is 14.0. The Hall–Kier alpha value is -1.75. The van der Waals surface area contributed by atoms with Crippen LogP contribution in [0.2, 0.25) is 0 Å². The van der Waals surface area contributed by atoms with Gasteiger partial charge in [0.25, 0.3) is 5.91 Å². The highest BCUT2D eigenvalue weighted by molar-refractivity contribution is 9.10. The van der Waals surface area contributed by atoms with Crippen LogP contribution in [0.15, 0.2) is 34.9 Å². The summed E-state index contributed by atoms with van der Waals surface area (Å²) in [5, 5.41) is 2.68. The summed E-state index contributed by atoms with van der Waals surface area (Å²) in [7, 11) is 0. The summed E-state index contributed by atoms with van der Waals surface area (Å²) >= 11 is 3.34. The second kappa shape index (κ2) is 5.48. The number of amides is 1. The number of aromatic nitrogens is 1. The Morgan fingerprint density at radius 3 is 2.63 bits per heavy atom. The average molecular weight is 323 g/mol. The van der Waals surface area contributed by atoms with E-state index in [4.69, 9.17) is 0 Å². The van der Waals surface area contributed by atoms with Gasteiger partial charge in [0.1, 0.15) is 11.6 Å². The highest BCUT2D eigenvalue weighted by Crippen LogP contribution is 2.18. The molecule has 0 aliphatic rings. The highest BCUT2D eigenvalue weighted by Gasteiger charge is 2.09. The molecule has 1 N–H and O–H groups in total. The van der Waals surface area contributed by atoms with Crippen LogP contribution in [0.1, 0.15) is 21.5 Å². The maximum absolute atomic E-state index is 13.1. The third-order valence-electron chi connectivity index (χ3n) is 2.71. The smallest absolute Gasteiger partial charge is 0.256 e. The number of carbonyl (C=O) groups is 1. The van der Waals surface area contributed by atoms with Crippen molar-refractivity contribution >= 4 is 27.7 Å². The lowest BCUT2D eigenvalue weighted by atomic mass is 10.1. The van der Waals surface area contributed by atoms with E-state index in [1.807, 2.05) is 6.92 Å². The Morgan fingerprint density at radius 1 is 1.26 bits per heavy atom. The minimum Gasteiger partial charge on any atom is -0.307 e. The first-order valence-corrected chi connectivity index (χ1v) is 6.46. The number of benzene rings is 1. The topological polar surface area (TPSA) is 42.0 Å². The minimum absolute atomic E-state index is 0.308. The van der Waals surface area contributed by atoms with Crippen LogP contribution >= 0.6 is 15.9 Å². The molecule has 1 aromatic carbocycles. The van der Waals surface area contributed by atoms with Gasteiger partial charge >= 0.3 is 0 Å². The molecule has 3 nitrogen and oxygen atoms in total. The Kier molecular flexibility index (Phi) is 3.95. The summed E-state index contributed by atoms with van der Waals surface area (Å²) in [4.78, 5) is 16.1. The van der Waals surface area contributed by atoms with E-state index in [1.54, 1.807) is 19.2 Å². The van der Waals surface area contributed by atoms with Crippen molar-refractivity contribution in [1.29, 1.82) is 0 Å². The van der Waals surface area contributed by atoms with Crippen LogP contribution in [-0.4, -0.2) is 10.9 Å². The molecule has 0 atom stereocenters. The van der Waals surface area contributed by atoms with Crippen LogP contribution in [0, 0.1) is 19.7 Å². The molecule has 19 heavy (non-hydrogen) atoms. The van der Waals surface area contributed by atoms with Crippen molar-refractivity contribution in [3.05, 3.63) is 57.4 Å². The number of nitrogens with one attached hydrogen (secondary N) is 1. The van der Waals surface area contributed by atoms with Crippen LogP contribution in [0.25, 0.3) is 0 Å². The molecule has 0 saturated heterocycles. The first-order valence-electron chi connectivity index (χ1n) is 5.67. The Bertz CT molecular complexity index is 643. The number of hydrogen-bond donors (Lipinski definition) is 1. The fourth-order valence-corrected chi connectivity index (χ4v) is 1.80. The van der Waals surface area contributed by atoms with Gasteiger partial charge in [-0.3, -0.25) is 4.79 Å². The second-order valence-corrected chi connectivity index (χ2v) is 5.09. The molecule has 5 heteroatoms. The monoisotopic (exact) mass is 322 g/mol.